The van der Waals surface area contributed by atoms with Gasteiger partial charge in [-0.2, -0.15) is 0 Å². The van der Waals surface area contributed by atoms with Gasteiger partial charge in [-0.15, -0.1) is 0 Å². The van der Waals surface area contributed by atoms with E-state index in [1.807, 2.05) is 18.6 Å². The average molecular weight is 1280 g/mol. The Morgan fingerprint density at radius 3 is 1.17 bits per heavy atom. The summed E-state index contributed by atoms with van der Waals surface area (Å²) in [6, 6.07) is 38.1. The largest absolute Gasteiger partial charge is 0.356 e. The Bertz CT molecular complexity index is 3690. The van der Waals surface area contributed by atoms with Crippen molar-refractivity contribution in [1.29, 1.82) is 0 Å². The van der Waals surface area contributed by atoms with Crippen molar-refractivity contribution in [3.63, 3.8) is 0 Å². The van der Waals surface area contributed by atoms with Crippen LogP contribution in [-0.2, 0) is 0 Å². The number of benzene rings is 3. The summed E-state index contributed by atoms with van der Waals surface area (Å²) < 4.78 is 0. The summed E-state index contributed by atoms with van der Waals surface area (Å²) in [5.74, 6) is 2.12. The number of anilines is 5. The van der Waals surface area contributed by atoms with Crippen LogP contribution in [0.4, 0.5) is 28.4 Å². The fourth-order valence-corrected chi connectivity index (χ4v) is 14.7. The van der Waals surface area contributed by atoms with E-state index >= 15 is 0 Å². The van der Waals surface area contributed by atoms with Crippen LogP contribution in [0, 0.1) is 40.5 Å². The van der Waals surface area contributed by atoms with Gasteiger partial charge in [0.2, 0.25) is 0 Å². The SMILES string of the molecule is Cc1cc(C(C)C)ncc1N1C=CN(C2CCCC2)[C@H]1C.Cc1cc(C(C)C)ncc1N1C=CN(C2CCCCC2)[C@H]1C.Cc1cc(C(C)C)ncc1N1C=CN(CC(C)C)[C@H]1C.Cc1ccnc(C)c1N1C=CN(c2c(-c3ccccc3)cccc2-c2ccccc2)[C@H]1C. The third-order valence-electron chi connectivity index (χ3n) is 20.2. The van der Waals surface area contributed by atoms with E-state index in [1.54, 1.807) is 0 Å². The lowest BCUT2D eigenvalue weighted by Crippen LogP contribution is -2.43. The molecule has 3 aromatic carbocycles. The Balaban J connectivity index is 0.000000141. The molecular formula is C83H110N12. The van der Waals surface area contributed by atoms with E-state index in [0.29, 0.717) is 48.2 Å². The van der Waals surface area contributed by atoms with Crippen LogP contribution < -0.4 is 24.5 Å². The number of hydrogen-bond donors (Lipinski definition) is 0. The zero-order valence-electron chi connectivity index (χ0n) is 60.5. The predicted molar refractivity (Wildman–Crippen MR) is 401 cm³/mol. The summed E-state index contributed by atoms with van der Waals surface area (Å²) in [7, 11) is 0. The first kappa shape index (κ1) is 69.4. The summed E-state index contributed by atoms with van der Waals surface area (Å²) in [6.45, 7) is 38.7. The highest BCUT2D eigenvalue weighted by atomic mass is 15.4. The molecular weight excluding hydrogens is 1160 g/mol. The fraction of sp³-hybridized carbons (Fsp3) is 0.446. The van der Waals surface area contributed by atoms with Gasteiger partial charge in [-0.05, 0) is 169 Å². The van der Waals surface area contributed by atoms with E-state index < -0.39 is 0 Å². The molecule has 2 fully saturated rings. The molecule has 0 spiro atoms. The van der Waals surface area contributed by atoms with Gasteiger partial charge in [0.1, 0.15) is 24.7 Å². The lowest BCUT2D eigenvalue weighted by Gasteiger charge is -2.37. The van der Waals surface area contributed by atoms with Crippen molar-refractivity contribution in [1.82, 2.24) is 34.6 Å². The maximum absolute atomic E-state index is 4.66. The van der Waals surface area contributed by atoms with Crippen LogP contribution in [-0.4, -0.2) is 77.9 Å². The third-order valence-corrected chi connectivity index (χ3v) is 20.2. The van der Waals surface area contributed by atoms with Crippen LogP contribution in [0.3, 0.4) is 0 Å². The maximum atomic E-state index is 4.66. The van der Waals surface area contributed by atoms with E-state index in [9.17, 15) is 0 Å². The minimum atomic E-state index is 0.115. The van der Waals surface area contributed by atoms with E-state index in [2.05, 4.69) is 336 Å². The molecule has 4 atom stereocenters. The Labute approximate surface area is 571 Å². The van der Waals surface area contributed by atoms with Crippen LogP contribution in [0.25, 0.3) is 22.3 Å². The zero-order valence-corrected chi connectivity index (χ0v) is 60.5. The molecule has 7 aromatic rings. The highest BCUT2D eigenvalue weighted by molar-refractivity contribution is 5.92. The van der Waals surface area contributed by atoms with Gasteiger partial charge >= 0.3 is 0 Å². The summed E-state index contributed by atoms with van der Waals surface area (Å²) in [5, 5.41) is 0. The van der Waals surface area contributed by atoms with Gasteiger partial charge in [-0.25, -0.2) is 0 Å². The molecule has 13 rings (SSSR count). The molecule has 2 saturated carbocycles. The van der Waals surface area contributed by atoms with Gasteiger partial charge in [0.25, 0.3) is 0 Å². The molecule has 0 unspecified atom stereocenters. The second-order valence-electron chi connectivity index (χ2n) is 28.6. The van der Waals surface area contributed by atoms with Crippen molar-refractivity contribution in [2.24, 2.45) is 5.92 Å². The van der Waals surface area contributed by atoms with Crippen LogP contribution >= 0.6 is 0 Å². The van der Waals surface area contributed by atoms with Crippen molar-refractivity contribution in [2.75, 3.05) is 31.0 Å². The third kappa shape index (κ3) is 16.0. The standard InChI is InChI=1S/C29H27N3.C19H29N3.C18H27N3.C17H27N3/c1-21-17-18-30-22(2)28(21)31-19-20-32(23(31)3)29-26(24-11-6-4-7-12-24)15-10-16-27(29)25-13-8-5-9-14-25;1-14(2)18-12-15(3)19(13-20-18)22-11-10-21(16(22)4)17-8-6-5-7-9-17;1-13(2)17-11-14(3)18(12-19-17)21-10-9-20(15(21)4)16-7-5-6-8-16;1-12(2)11-19-7-8-20(15(19)6)17-10-18-16(13(3)4)9-14(17)5/h4-20,23H,1-3H3;10-14,16-17H,5-9H2,1-4H3;9-13,15-16H,5-8H2,1-4H3;7-10,12-13,15H,11H2,1-6H3/t23-;16-;2*15-/m0111/s1. The maximum Gasteiger partial charge on any atom is 0.107 e. The number of nitrogens with zero attached hydrogens (tertiary/aromatic N) is 12. The lowest BCUT2D eigenvalue weighted by atomic mass is 9.94. The molecule has 0 amide bonds. The molecule has 12 nitrogen and oxygen atoms in total. The number of pyridine rings is 4. The molecule has 95 heavy (non-hydrogen) atoms. The Morgan fingerprint density at radius 2 is 0.768 bits per heavy atom. The smallest absolute Gasteiger partial charge is 0.107 e. The van der Waals surface area contributed by atoms with Crippen molar-refractivity contribution in [2.45, 2.75) is 230 Å². The van der Waals surface area contributed by atoms with Gasteiger partial charge in [-0.1, -0.05) is 166 Å². The van der Waals surface area contributed by atoms with Crippen molar-refractivity contribution in [3.05, 3.63) is 223 Å². The van der Waals surface area contributed by atoms with Crippen molar-refractivity contribution in [3.8, 4) is 22.3 Å². The minimum absolute atomic E-state index is 0.115. The lowest BCUT2D eigenvalue weighted by molar-refractivity contribution is 0.187. The number of aryl methyl sites for hydroxylation is 5. The summed E-state index contributed by atoms with van der Waals surface area (Å²) in [4.78, 5) is 37.7. The average Bonchev–Trinajstić information content (AvgIpc) is 1.73. The van der Waals surface area contributed by atoms with Crippen LogP contribution in [0.2, 0.25) is 0 Å². The molecule has 0 bridgehead atoms. The second kappa shape index (κ2) is 31.5. The van der Waals surface area contributed by atoms with Crippen molar-refractivity contribution >= 4 is 28.4 Å². The number of hydrogen-bond acceptors (Lipinski definition) is 12. The van der Waals surface area contributed by atoms with Gasteiger partial charge in [0.05, 0.1) is 52.7 Å². The molecule has 0 saturated heterocycles. The molecule has 502 valence electrons. The Kier molecular flexibility index (Phi) is 23.0. The summed E-state index contributed by atoms with van der Waals surface area (Å²) in [6.07, 6.45) is 39.3. The first-order valence-corrected chi connectivity index (χ1v) is 35.7. The molecule has 4 aromatic heterocycles. The first-order valence-electron chi connectivity index (χ1n) is 35.7. The number of rotatable bonds is 14. The molecule has 4 aliphatic heterocycles. The normalized spacial score (nSPS) is 19.5. The summed E-state index contributed by atoms with van der Waals surface area (Å²) in [5.41, 5.74) is 20.7. The Hall–Kier alpha value is -8.38. The van der Waals surface area contributed by atoms with Gasteiger partial charge in [-0.3, -0.25) is 19.9 Å². The highest BCUT2D eigenvalue weighted by Gasteiger charge is 2.34. The quantitative estimate of drug-likeness (QED) is 0.104. The fourth-order valence-electron chi connectivity index (χ4n) is 14.7. The molecule has 0 radical (unpaired) electrons. The van der Waals surface area contributed by atoms with Gasteiger partial charge in [0.15, 0.2) is 0 Å². The van der Waals surface area contributed by atoms with E-state index in [1.165, 1.54) is 148 Å². The van der Waals surface area contributed by atoms with E-state index in [0.717, 1.165) is 18.3 Å². The van der Waals surface area contributed by atoms with Crippen LogP contribution in [0.1, 0.15) is 204 Å². The minimum Gasteiger partial charge on any atom is -0.356 e. The molecule has 12 heteroatoms. The molecule has 0 N–H and O–H groups in total. The van der Waals surface area contributed by atoms with Gasteiger partial charge in [0, 0.05) is 103 Å². The Morgan fingerprint density at radius 1 is 0.379 bits per heavy atom. The highest BCUT2D eigenvalue weighted by Crippen LogP contribution is 2.44. The molecule has 8 heterocycles. The molecule has 6 aliphatic rings. The van der Waals surface area contributed by atoms with Crippen molar-refractivity contribution < 1.29 is 0 Å². The predicted octanol–water partition coefficient (Wildman–Crippen LogP) is 20.5. The summed E-state index contributed by atoms with van der Waals surface area (Å²) >= 11 is 0. The number of aromatic nitrogens is 4. The first-order chi connectivity index (χ1) is 45.7. The van der Waals surface area contributed by atoms with Gasteiger partial charge < -0.3 is 39.2 Å². The van der Waals surface area contributed by atoms with E-state index in [-0.39, 0.29) is 6.17 Å². The zero-order chi connectivity index (χ0) is 67.6. The monoisotopic (exact) mass is 1270 g/mol. The van der Waals surface area contributed by atoms with Crippen LogP contribution in [0.15, 0.2) is 178 Å². The number of para-hydroxylation sites is 1. The van der Waals surface area contributed by atoms with Crippen LogP contribution in [0.5, 0.6) is 0 Å². The molecule has 2 aliphatic carbocycles. The second-order valence-corrected chi connectivity index (χ2v) is 28.6. The van der Waals surface area contributed by atoms with E-state index in [4.69, 9.17) is 0 Å². The topological polar surface area (TPSA) is 77.5 Å².